The van der Waals surface area contributed by atoms with Crippen molar-refractivity contribution in [3.8, 4) is 5.69 Å². The Labute approximate surface area is 192 Å². The fourth-order valence-electron chi connectivity index (χ4n) is 4.39. The van der Waals surface area contributed by atoms with Crippen LogP contribution in [0.4, 0.5) is 0 Å². The normalized spacial score (nSPS) is 16.4. The van der Waals surface area contributed by atoms with Crippen LogP contribution in [-0.2, 0) is 11.3 Å². The molecule has 1 aromatic heterocycles. The first-order valence-electron chi connectivity index (χ1n) is 11.1. The van der Waals surface area contributed by atoms with Crippen LogP contribution in [0.5, 0.6) is 0 Å². The van der Waals surface area contributed by atoms with Crippen LogP contribution < -0.4 is 0 Å². The molecule has 5 rings (SSSR count). The Morgan fingerprint density at radius 2 is 1.48 bits per heavy atom. The number of fused-ring (bicyclic) bond motifs is 1. The third-order valence-electron chi connectivity index (χ3n) is 6.22. The van der Waals surface area contributed by atoms with E-state index >= 15 is 0 Å². The van der Waals surface area contributed by atoms with Crippen molar-refractivity contribution in [1.29, 1.82) is 0 Å². The van der Waals surface area contributed by atoms with Crippen LogP contribution in [-0.4, -0.2) is 74.9 Å². The average molecular weight is 444 g/mol. The monoisotopic (exact) mass is 443 g/mol. The summed E-state index contributed by atoms with van der Waals surface area (Å²) in [6.07, 6.45) is 4.07. The number of rotatable bonds is 6. The number of hydrogen-bond donors (Lipinski definition) is 0. The summed E-state index contributed by atoms with van der Waals surface area (Å²) in [7, 11) is 0. The standard InChI is InChI=1S/C25H25N5O3/c31-23(10-11-29-24(32)21-8-4-5-9-22(21)25(29)33)28-14-12-27(13-15-28)17-19-16-26-30(18-19)20-6-2-1-3-7-20/h1-9,16,18H,10-15,17H2. The molecule has 8 heteroatoms. The summed E-state index contributed by atoms with van der Waals surface area (Å²) in [5.41, 5.74) is 2.99. The molecule has 0 aliphatic carbocycles. The smallest absolute Gasteiger partial charge is 0.261 e. The number of aromatic nitrogens is 2. The van der Waals surface area contributed by atoms with Gasteiger partial charge >= 0.3 is 0 Å². The molecule has 0 atom stereocenters. The van der Waals surface area contributed by atoms with E-state index in [0.717, 1.165) is 30.9 Å². The van der Waals surface area contributed by atoms with Crippen molar-refractivity contribution in [1.82, 2.24) is 24.5 Å². The number of carbonyl (C=O) groups is 3. The van der Waals surface area contributed by atoms with Gasteiger partial charge in [-0.05, 0) is 24.3 Å². The van der Waals surface area contributed by atoms with Crippen LogP contribution >= 0.6 is 0 Å². The third-order valence-corrected chi connectivity index (χ3v) is 6.22. The van der Waals surface area contributed by atoms with Gasteiger partial charge in [0, 0.05) is 57.4 Å². The number of carbonyl (C=O) groups excluding carboxylic acids is 3. The van der Waals surface area contributed by atoms with Gasteiger partial charge in [-0.25, -0.2) is 4.68 Å². The largest absolute Gasteiger partial charge is 0.340 e. The fraction of sp³-hybridized carbons (Fsp3) is 0.280. The molecule has 0 N–H and O–H groups in total. The van der Waals surface area contributed by atoms with Crippen LogP contribution in [0.15, 0.2) is 67.0 Å². The van der Waals surface area contributed by atoms with Gasteiger partial charge in [0.25, 0.3) is 11.8 Å². The molecule has 3 aromatic rings. The fourth-order valence-corrected chi connectivity index (χ4v) is 4.39. The van der Waals surface area contributed by atoms with E-state index in [0.29, 0.717) is 24.2 Å². The highest BCUT2D eigenvalue weighted by atomic mass is 16.2. The minimum Gasteiger partial charge on any atom is -0.340 e. The maximum Gasteiger partial charge on any atom is 0.261 e. The first-order valence-corrected chi connectivity index (χ1v) is 11.1. The van der Waals surface area contributed by atoms with E-state index in [2.05, 4.69) is 10.00 Å². The molecule has 2 aromatic carbocycles. The van der Waals surface area contributed by atoms with E-state index in [-0.39, 0.29) is 30.7 Å². The molecule has 168 valence electrons. The highest BCUT2D eigenvalue weighted by Crippen LogP contribution is 2.22. The number of amides is 3. The van der Waals surface area contributed by atoms with Crippen LogP contribution in [0.25, 0.3) is 5.69 Å². The second kappa shape index (κ2) is 8.99. The zero-order chi connectivity index (χ0) is 22.8. The molecular weight excluding hydrogens is 418 g/mol. The van der Waals surface area contributed by atoms with Gasteiger partial charge in [-0.3, -0.25) is 24.2 Å². The maximum absolute atomic E-state index is 12.7. The molecule has 0 unspecified atom stereocenters. The predicted molar refractivity (Wildman–Crippen MR) is 122 cm³/mol. The first-order chi connectivity index (χ1) is 16.1. The predicted octanol–water partition coefficient (Wildman–Crippen LogP) is 2.20. The summed E-state index contributed by atoms with van der Waals surface area (Å²) in [5, 5.41) is 4.45. The zero-order valence-corrected chi connectivity index (χ0v) is 18.3. The van der Waals surface area contributed by atoms with Gasteiger partial charge in [0.2, 0.25) is 5.91 Å². The maximum atomic E-state index is 12.7. The van der Waals surface area contributed by atoms with Crippen molar-refractivity contribution < 1.29 is 14.4 Å². The number of para-hydroxylation sites is 1. The topological polar surface area (TPSA) is 78.8 Å². The molecule has 33 heavy (non-hydrogen) atoms. The molecule has 0 saturated carbocycles. The van der Waals surface area contributed by atoms with Crippen LogP contribution in [0.3, 0.4) is 0 Å². The lowest BCUT2D eigenvalue weighted by molar-refractivity contribution is -0.133. The SMILES string of the molecule is O=C(CCN1C(=O)c2ccccc2C1=O)N1CCN(Cc2cnn(-c3ccccc3)c2)CC1. The van der Waals surface area contributed by atoms with Crippen molar-refractivity contribution >= 4 is 17.7 Å². The third kappa shape index (κ3) is 4.29. The zero-order valence-electron chi connectivity index (χ0n) is 18.3. The van der Waals surface area contributed by atoms with Crippen molar-refractivity contribution in [2.45, 2.75) is 13.0 Å². The summed E-state index contributed by atoms with van der Waals surface area (Å²) in [4.78, 5) is 43.0. The minimum absolute atomic E-state index is 0.0249. The molecule has 2 aliphatic rings. The van der Waals surface area contributed by atoms with Gasteiger partial charge < -0.3 is 4.90 Å². The van der Waals surface area contributed by atoms with E-state index in [1.807, 2.05) is 52.3 Å². The van der Waals surface area contributed by atoms with E-state index in [4.69, 9.17) is 0 Å². The van der Waals surface area contributed by atoms with E-state index in [1.165, 1.54) is 4.90 Å². The number of hydrogen-bond acceptors (Lipinski definition) is 5. The van der Waals surface area contributed by atoms with Gasteiger partial charge in [0.05, 0.1) is 23.0 Å². The minimum atomic E-state index is -0.315. The van der Waals surface area contributed by atoms with Crippen LogP contribution in [0, 0.1) is 0 Å². The van der Waals surface area contributed by atoms with Crippen molar-refractivity contribution in [3.05, 3.63) is 83.7 Å². The molecule has 2 aliphatic heterocycles. The molecule has 8 nitrogen and oxygen atoms in total. The average Bonchev–Trinajstić information content (AvgIpc) is 3.42. The highest BCUT2D eigenvalue weighted by molar-refractivity contribution is 6.21. The molecular formula is C25H25N5O3. The summed E-state index contributed by atoms with van der Waals surface area (Å²) < 4.78 is 1.87. The van der Waals surface area contributed by atoms with Gasteiger partial charge in [-0.2, -0.15) is 5.10 Å². The van der Waals surface area contributed by atoms with Gasteiger partial charge in [-0.1, -0.05) is 30.3 Å². The number of piperazine rings is 1. The Morgan fingerprint density at radius 3 is 2.15 bits per heavy atom. The summed E-state index contributed by atoms with van der Waals surface area (Å²) in [6.45, 7) is 3.71. The van der Waals surface area contributed by atoms with E-state index in [9.17, 15) is 14.4 Å². The lowest BCUT2D eigenvalue weighted by atomic mass is 10.1. The second-order valence-electron chi connectivity index (χ2n) is 8.34. The molecule has 1 saturated heterocycles. The molecule has 1 fully saturated rings. The van der Waals surface area contributed by atoms with Gasteiger partial charge in [0.15, 0.2) is 0 Å². The summed E-state index contributed by atoms with van der Waals surface area (Å²) >= 11 is 0. The van der Waals surface area contributed by atoms with Crippen molar-refractivity contribution in [2.24, 2.45) is 0 Å². The quantitative estimate of drug-likeness (QED) is 0.546. The molecule has 3 heterocycles. The Hall–Kier alpha value is -3.78. The Balaban J connectivity index is 1.10. The molecule has 0 bridgehead atoms. The van der Waals surface area contributed by atoms with E-state index in [1.54, 1.807) is 24.3 Å². The number of nitrogens with zero attached hydrogens (tertiary/aromatic N) is 5. The first kappa shape index (κ1) is 21.1. The van der Waals surface area contributed by atoms with Crippen molar-refractivity contribution in [3.63, 3.8) is 0 Å². The van der Waals surface area contributed by atoms with Crippen LogP contribution in [0.1, 0.15) is 32.7 Å². The Kier molecular flexibility index (Phi) is 5.75. The van der Waals surface area contributed by atoms with Crippen molar-refractivity contribution in [2.75, 3.05) is 32.7 Å². The van der Waals surface area contributed by atoms with Gasteiger partial charge in [0.1, 0.15) is 0 Å². The molecule has 0 spiro atoms. The summed E-state index contributed by atoms with van der Waals surface area (Å²) in [6, 6.07) is 16.8. The Bertz CT molecular complexity index is 1150. The Morgan fingerprint density at radius 1 is 0.848 bits per heavy atom. The molecule has 3 amide bonds. The lowest BCUT2D eigenvalue weighted by Gasteiger charge is -2.34. The van der Waals surface area contributed by atoms with E-state index < -0.39 is 0 Å². The summed E-state index contributed by atoms with van der Waals surface area (Å²) in [5.74, 6) is -0.656. The molecule has 0 radical (unpaired) electrons. The highest BCUT2D eigenvalue weighted by Gasteiger charge is 2.35. The number of imide groups is 1. The second-order valence-corrected chi connectivity index (χ2v) is 8.34. The number of benzene rings is 2. The lowest BCUT2D eigenvalue weighted by Crippen LogP contribution is -2.49. The van der Waals surface area contributed by atoms with Crippen LogP contribution in [0.2, 0.25) is 0 Å². The van der Waals surface area contributed by atoms with Gasteiger partial charge in [-0.15, -0.1) is 0 Å².